The van der Waals surface area contributed by atoms with Crippen LogP contribution in [0.15, 0.2) is 35.7 Å². The number of phenols is 2. The van der Waals surface area contributed by atoms with Gasteiger partial charge >= 0.3 is 0 Å². The van der Waals surface area contributed by atoms with E-state index in [9.17, 15) is 10.2 Å². The fourth-order valence-corrected chi connectivity index (χ4v) is 2.31. The molecule has 0 bridgehead atoms. The summed E-state index contributed by atoms with van der Waals surface area (Å²) in [6.07, 6.45) is 0. The molecule has 1 aromatic heterocycles. The van der Waals surface area contributed by atoms with Crippen LogP contribution in [-0.2, 0) is 6.54 Å². The molecule has 1 heterocycles. The largest absolute Gasteiger partial charge is 0.508 e. The Morgan fingerprint density at radius 1 is 1.24 bits per heavy atom. The SMILES string of the molecule is CC(NCc1cccs1)c1cc(O)cc(O)c1. The monoisotopic (exact) mass is 249 g/mol. The van der Waals surface area contributed by atoms with Crippen LogP contribution in [0.4, 0.5) is 0 Å². The first-order chi connectivity index (χ1) is 8.15. The Morgan fingerprint density at radius 3 is 2.53 bits per heavy atom. The van der Waals surface area contributed by atoms with Crippen molar-refractivity contribution in [2.45, 2.75) is 19.5 Å². The summed E-state index contributed by atoms with van der Waals surface area (Å²) in [5.74, 6) is 0.176. The van der Waals surface area contributed by atoms with Crippen LogP contribution >= 0.6 is 11.3 Å². The maximum Gasteiger partial charge on any atom is 0.119 e. The number of nitrogens with one attached hydrogen (secondary N) is 1. The third-order valence-corrected chi connectivity index (χ3v) is 3.46. The minimum absolute atomic E-state index is 0.0788. The van der Waals surface area contributed by atoms with Gasteiger partial charge in [0.05, 0.1) is 0 Å². The van der Waals surface area contributed by atoms with Crippen molar-refractivity contribution in [2.75, 3.05) is 0 Å². The average Bonchev–Trinajstić information content (AvgIpc) is 2.77. The topological polar surface area (TPSA) is 52.5 Å². The van der Waals surface area contributed by atoms with Gasteiger partial charge in [0.15, 0.2) is 0 Å². The summed E-state index contributed by atoms with van der Waals surface area (Å²) in [4.78, 5) is 1.27. The second-order valence-corrected chi connectivity index (χ2v) is 5.00. The highest BCUT2D eigenvalue weighted by atomic mass is 32.1. The van der Waals surface area contributed by atoms with E-state index in [-0.39, 0.29) is 17.5 Å². The molecule has 0 aliphatic carbocycles. The molecular weight excluding hydrogens is 234 g/mol. The summed E-state index contributed by atoms with van der Waals surface area (Å²) in [7, 11) is 0. The third-order valence-electron chi connectivity index (χ3n) is 2.59. The Labute approximate surface area is 104 Å². The molecule has 1 aromatic carbocycles. The van der Waals surface area contributed by atoms with Crippen LogP contribution in [0.25, 0.3) is 0 Å². The van der Waals surface area contributed by atoms with E-state index < -0.39 is 0 Å². The van der Waals surface area contributed by atoms with Crippen LogP contribution < -0.4 is 5.32 Å². The first-order valence-corrected chi connectivity index (χ1v) is 6.32. The third kappa shape index (κ3) is 3.22. The van der Waals surface area contributed by atoms with E-state index in [0.717, 1.165) is 12.1 Å². The Bertz CT molecular complexity index is 462. The molecule has 2 rings (SSSR count). The molecule has 0 radical (unpaired) electrons. The average molecular weight is 249 g/mol. The summed E-state index contributed by atoms with van der Waals surface area (Å²) < 4.78 is 0. The van der Waals surface area contributed by atoms with Crippen molar-refractivity contribution < 1.29 is 10.2 Å². The number of benzene rings is 1. The van der Waals surface area contributed by atoms with Gasteiger partial charge in [-0.3, -0.25) is 0 Å². The zero-order chi connectivity index (χ0) is 12.3. The molecule has 1 atom stereocenters. The fraction of sp³-hybridized carbons (Fsp3) is 0.231. The molecule has 0 aliphatic rings. The first-order valence-electron chi connectivity index (χ1n) is 5.44. The first kappa shape index (κ1) is 12.0. The molecule has 0 aliphatic heterocycles. The normalized spacial score (nSPS) is 12.5. The van der Waals surface area contributed by atoms with Gasteiger partial charge in [-0.2, -0.15) is 0 Å². The number of hydrogen-bond donors (Lipinski definition) is 3. The second-order valence-electron chi connectivity index (χ2n) is 3.96. The van der Waals surface area contributed by atoms with Crippen LogP contribution in [0.1, 0.15) is 23.4 Å². The van der Waals surface area contributed by atoms with E-state index in [0.29, 0.717) is 0 Å². The van der Waals surface area contributed by atoms with Gasteiger partial charge in [-0.05, 0) is 36.1 Å². The molecule has 0 spiro atoms. The summed E-state index contributed by atoms with van der Waals surface area (Å²) in [6.45, 7) is 2.79. The van der Waals surface area contributed by atoms with Gasteiger partial charge in [0.25, 0.3) is 0 Å². The van der Waals surface area contributed by atoms with Gasteiger partial charge < -0.3 is 15.5 Å². The fourth-order valence-electron chi connectivity index (χ4n) is 1.65. The van der Waals surface area contributed by atoms with Crippen molar-refractivity contribution in [3.63, 3.8) is 0 Å². The number of phenolic OH excluding ortho intramolecular Hbond substituents is 2. The summed E-state index contributed by atoms with van der Waals surface area (Å²) in [5, 5.41) is 24.2. The number of hydrogen-bond acceptors (Lipinski definition) is 4. The summed E-state index contributed by atoms with van der Waals surface area (Å²) in [5.41, 5.74) is 0.874. The van der Waals surface area contributed by atoms with E-state index >= 15 is 0 Å². The van der Waals surface area contributed by atoms with Crippen molar-refractivity contribution in [1.82, 2.24) is 5.32 Å². The van der Waals surface area contributed by atoms with Crippen molar-refractivity contribution in [1.29, 1.82) is 0 Å². The molecule has 17 heavy (non-hydrogen) atoms. The van der Waals surface area contributed by atoms with E-state index in [4.69, 9.17) is 0 Å². The molecule has 90 valence electrons. The van der Waals surface area contributed by atoms with Gasteiger partial charge in [-0.25, -0.2) is 0 Å². The predicted octanol–water partition coefficient (Wildman–Crippen LogP) is 3.01. The van der Waals surface area contributed by atoms with Gasteiger partial charge in [-0.1, -0.05) is 6.07 Å². The molecular formula is C13H15NO2S. The maximum atomic E-state index is 9.41. The summed E-state index contributed by atoms with van der Waals surface area (Å²) >= 11 is 1.71. The van der Waals surface area contributed by atoms with Crippen LogP contribution in [0.2, 0.25) is 0 Å². The lowest BCUT2D eigenvalue weighted by molar-refractivity contribution is 0.446. The minimum atomic E-state index is 0.0788. The van der Waals surface area contributed by atoms with E-state index in [2.05, 4.69) is 11.4 Å². The van der Waals surface area contributed by atoms with Crippen LogP contribution in [0, 0.1) is 0 Å². The molecule has 0 saturated heterocycles. The quantitative estimate of drug-likeness (QED) is 0.780. The maximum absolute atomic E-state index is 9.41. The standard InChI is InChI=1S/C13H15NO2S/c1-9(14-8-13-3-2-4-17-13)10-5-11(15)7-12(16)6-10/h2-7,9,14-16H,8H2,1H3. The minimum Gasteiger partial charge on any atom is -0.508 e. The molecule has 2 aromatic rings. The van der Waals surface area contributed by atoms with E-state index in [1.54, 1.807) is 23.5 Å². The Hall–Kier alpha value is -1.52. The van der Waals surface area contributed by atoms with Crippen molar-refractivity contribution in [3.05, 3.63) is 46.2 Å². The molecule has 3 nitrogen and oxygen atoms in total. The van der Waals surface area contributed by atoms with Gasteiger partial charge in [-0.15, -0.1) is 11.3 Å². The van der Waals surface area contributed by atoms with Crippen LogP contribution in [0.3, 0.4) is 0 Å². The van der Waals surface area contributed by atoms with Crippen molar-refractivity contribution >= 4 is 11.3 Å². The Morgan fingerprint density at radius 2 is 1.94 bits per heavy atom. The number of rotatable bonds is 4. The van der Waals surface area contributed by atoms with Gasteiger partial charge in [0.1, 0.15) is 11.5 Å². The van der Waals surface area contributed by atoms with E-state index in [1.165, 1.54) is 10.9 Å². The van der Waals surface area contributed by atoms with Gasteiger partial charge in [0, 0.05) is 23.5 Å². The number of thiophene rings is 1. The molecule has 1 unspecified atom stereocenters. The molecule has 3 N–H and O–H groups in total. The predicted molar refractivity (Wildman–Crippen MR) is 69.3 cm³/mol. The molecule has 0 amide bonds. The highest BCUT2D eigenvalue weighted by molar-refractivity contribution is 7.09. The Kier molecular flexibility index (Phi) is 3.66. The zero-order valence-electron chi connectivity index (χ0n) is 9.55. The molecule has 0 saturated carbocycles. The molecule has 4 heteroatoms. The van der Waals surface area contributed by atoms with Crippen molar-refractivity contribution in [2.24, 2.45) is 0 Å². The van der Waals surface area contributed by atoms with E-state index in [1.807, 2.05) is 18.4 Å². The highest BCUT2D eigenvalue weighted by Gasteiger charge is 2.07. The van der Waals surface area contributed by atoms with Crippen molar-refractivity contribution in [3.8, 4) is 11.5 Å². The smallest absolute Gasteiger partial charge is 0.119 e. The Balaban J connectivity index is 2.01. The van der Waals surface area contributed by atoms with Crippen LogP contribution in [-0.4, -0.2) is 10.2 Å². The lowest BCUT2D eigenvalue weighted by atomic mass is 10.1. The highest BCUT2D eigenvalue weighted by Crippen LogP contribution is 2.25. The van der Waals surface area contributed by atoms with Crippen LogP contribution in [0.5, 0.6) is 11.5 Å². The lowest BCUT2D eigenvalue weighted by Gasteiger charge is -2.14. The van der Waals surface area contributed by atoms with Gasteiger partial charge in [0.2, 0.25) is 0 Å². The summed E-state index contributed by atoms with van der Waals surface area (Å²) in [6, 6.07) is 8.82. The lowest BCUT2D eigenvalue weighted by Crippen LogP contribution is -2.17. The second kappa shape index (κ2) is 5.21. The molecule has 0 fully saturated rings. The number of aromatic hydroxyl groups is 2. The zero-order valence-corrected chi connectivity index (χ0v) is 10.4.